The number of hydrogen-bond donors (Lipinski definition) is 1. The molecule has 0 bridgehead atoms. The van der Waals surface area contributed by atoms with E-state index in [1.807, 2.05) is 17.7 Å². The van der Waals surface area contributed by atoms with Gasteiger partial charge in [-0.2, -0.15) is 11.3 Å². The van der Waals surface area contributed by atoms with Gasteiger partial charge in [-0.3, -0.25) is 9.59 Å². The molecule has 0 radical (unpaired) electrons. The van der Waals surface area contributed by atoms with E-state index >= 15 is 0 Å². The number of ether oxygens (including phenoxy) is 1. The van der Waals surface area contributed by atoms with E-state index in [0.29, 0.717) is 13.0 Å². The predicted molar refractivity (Wildman–Crippen MR) is 71.9 cm³/mol. The molecular weight excluding hydrogens is 250 g/mol. The normalized spacial score (nSPS) is 10.1. The first-order chi connectivity index (χ1) is 8.65. The molecule has 1 amide bonds. The first-order valence-corrected chi connectivity index (χ1v) is 6.97. The maximum absolute atomic E-state index is 11.7. The highest BCUT2D eigenvalue weighted by Gasteiger charge is 2.08. The lowest BCUT2D eigenvalue weighted by Gasteiger charge is -2.04. The molecule has 0 aliphatic heterocycles. The summed E-state index contributed by atoms with van der Waals surface area (Å²) in [6, 6.07) is 0. The molecule has 1 N–H and O–H groups in total. The maximum Gasteiger partial charge on any atom is 0.305 e. The molecule has 0 spiro atoms. The first-order valence-electron chi connectivity index (χ1n) is 6.03. The maximum atomic E-state index is 11.7. The van der Waals surface area contributed by atoms with Crippen molar-refractivity contribution in [3.8, 4) is 0 Å². The van der Waals surface area contributed by atoms with Gasteiger partial charge in [-0.1, -0.05) is 6.42 Å². The largest absolute Gasteiger partial charge is 0.469 e. The molecular formula is C13H19NO3S. The van der Waals surface area contributed by atoms with Gasteiger partial charge in [0, 0.05) is 18.3 Å². The summed E-state index contributed by atoms with van der Waals surface area (Å²) in [6.07, 6.45) is 3.05. The molecule has 0 aliphatic carbocycles. The molecule has 4 nitrogen and oxygen atoms in total. The third-order valence-electron chi connectivity index (χ3n) is 2.67. The number of esters is 1. The third-order valence-corrected chi connectivity index (χ3v) is 3.53. The highest BCUT2D eigenvalue weighted by molar-refractivity contribution is 7.08. The molecule has 0 saturated carbocycles. The topological polar surface area (TPSA) is 55.4 Å². The number of carbonyl (C=O) groups excluding carboxylic acids is 2. The summed E-state index contributed by atoms with van der Waals surface area (Å²) in [6.45, 7) is 2.58. The van der Waals surface area contributed by atoms with Crippen molar-refractivity contribution in [3.05, 3.63) is 21.9 Å². The number of hydrogen-bond acceptors (Lipinski definition) is 4. The summed E-state index contributed by atoms with van der Waals surface area (Å²) >= 11 is 1.54. The fraction of sp³-hybridized carbons (Fsp3) is 0.538. The van der Waals surface area contributed by atoms with Crippen LogP contribution < -0.4 is 5.32 Å². The fourth-order valence-electron chi connectivity index (χ4n) is 1.56. The molecule has 18 heavy (non-hydrogen) atoms. The molecule has 0 saturated heterocycles. The van der Waals surface area contributed by atoms with E-state index in [-0.39, 0.29) is 11.9 Å². The SMILES string of the molecule is COC(=O)CCCCCNC(=O)c1cscc1C. The lowest BCUT2D eigenvalue weighted by Crippen LogP contribution is -2.24. The van der Waals surface area contributed by atoms with Gasteiger partial charge in [0.05, 0.1) is 12.7 Å². The Morgan fingerprint density at radius 1 is 1.28 bits per heavy atom. The van der Waals surface area contributed by atoms with Gasteiger partial charge in [-0.05, 0) is 30.7 Å². The summed E-state index contributed by atoms with van der Waals surface area (Å²) < 4.78 is 4.55. The van der Waals surface area contributed by atoms with Crippen molar-refractivity contribution in [2.75, 3.05) is 13.7 Å². The van der Waals surface area contributed by atoms with Crippen molar-refractivity contribution in [3.63, 3.8) is 0 Å². The van der Waals surface area contributed by atoms with Gasteiger partial charge in [-0.15, -0.1) is 0 Å². The average Bonchev–Trinajstić information content (AvgIpc) is 2.79. The van der Waals surface area contributed by atoms with E-state index in [2.05, 4.69) is 10.1 Å². The second-order valence-corrected chi connectivity index (χ2v) is 4.85. The summed E-state index contributed by atoms with van der Waals surface area (Å²) in [5.41, 5.74) is 1.78. The molecule has 0 aromatic carbocycles. The molecule has 1 heterocycles. The van der Waals surface area contributed by atoms with Crippen LogP contribution in [-0.4, -0.2) is 25.5 Å². The second kappa shape index (κ2) is 7.87. The molecule has 0 atom stereocenters. The van der Waals surface area contributed by atoms with E-state index in [1.165, 1.54) is 18.4 Å². The highest BCUT2D eigenvalue weighted by atomic mass is 32.1. The van der Waals surface area contributed by atoms with Gasteiger partial charge < -0.3 is 10.1 Å². The molecule has 5 heteroatoms. The van der Waals surface area contributed by atoms with Gasteiger partial charge in [0.15, 0.2) is 0 Å². The van der Waals surface area contributed by atoms with E-state index < -0.39 is 0 Å². The minimum absolute atomic E-state index is 0.0123. The second-order valence-electron chi connectivity index (χ2n) is 4.11. The van der Waals surface area contributed by atoms with Crippen molar-refractivity contribution in [1.82, 2.24) is 5.32 Å². The number of carbonyl (C=O) groups is 2. The van der Waals surface area contributed by atoms with Crippen LogP contribution in [0.15, 0.2) is 10.8 Å². The number of aryl methyl sites for hydroxylation is 1. The van der Waals surface area contributed by atoms with Crippen LogP contribution in [0.2, 0.25) is 0 Å². The van der Waals surface area contributed by atoms with Crippen LogP contribution in [-0.2, 0) is 9.53 Å². The number of thiophene rings is 1. The van der Waals surface area contributed by atoms with Crippen molar-refractivity contribution in [2.45, 2.75) is 32.6 Å². The summed E-state index contributed by atoms with van der Waals surface area (Å²) in [4.78, 5) is 22.6. The summed E-state index contributed by atoms with van der Waals surface area (Å²) in [7, 11) is 1.39. The quantitative estimate of drug-likeness (QED) is 0.611. The fourth-order valence-corrected chi connectivity index (χ4v) is 2.39. The highest BCUT2D eigenvalue weighted by Crippen LogP contribution is 2.13. The Balaban J connectivity index is 2.10. The number of amides is 1. The summed E-state index contributed by atoms with van der Waals surface area (Å²) in [5.74, 6) is -0.186. The molecule has 0 aliphatic rings. The smallest absolute Gasteiger partial charge is 0.305 e. The zero-order chi connectivity index (χ0) is 13.4. The van der Waals surface area contributed by atoms with Gasteiger partial charge in [0.25, 0.3) is 5.91 Å². The zero-order valence-corrected chi connectivity index (χ0v) is 11.6. The summed E-state index contributed by atoms with van der Waals surface area (Å²) in [5, 5.41) is 6.71. The number of nitrogens with one attached hydrogen (secondary N) is 1. The lowest BCUT2D eigenvalue weighted by atomic mass is 10.2. The Morgan fingerprint density at radius 2 is 2.06 bits per heavy atom. The Morgan fingerprint density at radius 3 is 2.67 bits per heavy atom. The van der Waals surface area contributed by atoms with Crippen molar-refractivity contribution in [2.24, 2.45) is 0 Å². The van der Waals surface area contributed by atoms with Crippen molar-refractivity contribution >= 4 is 23.2 Å². The Hall–Kier alpha value is -1.36. The van der Waals surface area contributed by atoms with Crippen molar-refractivity contribution < 1.29 is 14.3 Å². The van der Waals surface area contributed by atoms with Gasteiger partial charge in [0.2, 0.25) is 0 Å². The Labute approximate surface area is 111 Å². The average molecular weight is 269 g/mol. The van der Waals surface area contributed by atoms with Crippen molar-refractivity contribution in [1.29, 1.82) is 0 Å². The van der Waals surface area contributed by atoms with Crippen LogP contribution in [0, 0.1) is 6.92 Å². The first kappa shape index (κ1) is 14.7. The van der Waals surface area contributed by atoms with Crippen LogP contribution in [0.5, 0.6) is 0 Å². The number of rotatable bonds is 7. The van der Waals surface area contributed by atoms with E-state index in [1.54, 1.807) is 0 Å². The third kappa shape index (κ3) is 4.87. The van der Waals surface area contributed by atoms with E-state index in [0.717, 1.165) is 30.4 Å². The van der Waals surface area contributed by atoms with E-state index in [9.17, 15) is 9.59 Å². The van der Waals surface area contributed by atoms with Crippen LogP contribution in [0.3, 0.4) is 0 Å². The molecule has 1 aromatic rings. The molecule has 0 unspecified atom stereocenters. The van der Waals surface area contributed by atoms with E-state index in [4.69, 9.17) is 0 Å². The Bertz CT molecular complexity index is 401. The minimum Gasteiger partial charge on any atom is -0.469 e. The van der Waals surface area contributed by atoms with Crippen LogP contribution >= 0.6 is 11.3 Å². The monoisotopic (exact) mass is 269 g/mol. The Kier molecular flexibility index (Phi) is 6.43. The number of methoxy groups -OCH3 is 1. The molecule has 100 valence electrons. The van der Waals surface area contributed by atoms with Crippen LogP contribution in [0.1, 0.15) is 41.6 Å². The van der Waals surface area contributed by atoms with Crippen LogP contribution in [0.4, 0.5) is 0 Å². The molecule has 1 rings (SSSR count). The van der Waals surface area contributed by atoms with Gasteiger partial charge in [-0.25, -0.2) is 0 Å². The zero-order valence-electron chi connectivity index (χ0n) is 10.8. The van der Waals surface area contributed by atoms with Gasteiger partial charge >= 0.3 is 5.97 Å². The minimum atomic E-state index is -0.173. The number of unbranched alkanes of at least 4 members (excludes halogenated alkanes) is 2. The predicted octanol–water partition coefficient (Wildman–Crippen LogP) is 2.52. The lowest BCUT2D eigenvalue weighted by molar-refractivity contribution is -0.140. The molecule has 1 aromatic heterocycles. The van der Waals surface area contributed by atoms with Gasteiger partial charge in [0.1, 0.15) is 0 Å². The standard InChI is InChI=1S/C13H19NO3S/c1-10-8-18-9-11(10)13(16)14-7-5-3-4-6-12(15)17-2/h8-9H,3-7H2,1-2H3,(H,14,16). The van der Waals surface area contributed by atoms with Crippen LogP contribution in [0.25, 0.3) is 0 Å². The molecule has 0 fully saturated rings.